The van der Waals surface area contributed by atoms with Crippen LogP contribution in [0, 0.1) is 5.82 Å². The Morgan fingerprint density at radius 1 is 1.50 bits per heavy atom. The summed E-state index contributed by atoms with van der Waals surface area (Å²) in [5.74, 6) is -0.309. The van der Waals surface area contributed by atoms with Gasteiger partial charge in [-0.2, -0.15) is 5.06 Å². The van der Waals surface area contributed by atoms with E-state index in [9.17, 15) is 14.4 Å². The highest BCUT2D eigenvalue weighted by atomic mass is 19.1. The van der Waals surface area contributed by atoms with E-state index in [-0.39, 0.29) is 12.4 Å². The summed E-state index contributed by atoms with van der Waals surface area (Å²) in [6.07, 6.45) is 3.56. The van der Waals surface area contributed by atoms with Crippen molar-refractivity contribution in [2.24, 2.45) is 10.9 Å². The van der Waals surface area contributed by atoms with Crippen molar-refractivity contribution in [2.45, 2.75) is 19.1 Å². The van der Waals surface area contributed by atoms with Crippen LogP contribution in [0.25, 0.3) is 0 Å². The van der Waals surface area contributed by atoms with Crippen LogP contribution in [0.15, 0.2) is 41.6 Å². The summed E-state index contributed by atoms with van der Waals surface area (Å²) in [5, 5.41) is 13.7. The molecule has 1 aromatic carbocycles. The molecule has 0 bridgehead atoms. The standard InChI is InChI=1S/C13H14FN3O3/c14-10-3-1-9(2-4-10)8-20-16-11-5-6-12(7-11)17(19)13(15)18/h1-6,12,19H,7-8H2,(H2,15,18)/b16-11+/t12-/m0/s1. The van der Waals surface area contributed by atoms with E-state index in [1.807, 2.05) is 0 Å². The van der Waals surface area contributed by atoms with Gasteiger partial charge in [-0.05, 0) is 23.8 Å². The molecule has 0 unspecified atom stereocenters. The fourth-order valence-corrected chi connectivity index (χ4v) is 1.74. The normalized spacial score (nSPS) is 19.3. The number of hydrogen-bond acceptors (Lipinski definition) is 4. The molecule has 0 aromatic heterocycles. The lowest BCUT2D eigenvalue weighted by molar-refractivity contribution is -0.0583. The van der Waals surface area contributed by atoms with E-state index in [1.165, 1.54) is 12.1 Å². The Bertz CT molecular complexity index is 542. The van der Waals surface area contributed by atoms with Gasteiger partial charge >= 0.3 is 6.03 Å². The Morgan fingerprint density at radius 3 is 2.85 bits per heavy atom. The Kier molecular flexibility index (Phi) is 4.31. The Hall–Kier alpha value is -2.41. The van der Waals surface area contributed by atoms with Crippen LogP contribution in [0.4, 0.5) is 9.18 Å². The van der Waals surface area contributed by atoms with Gasteiger partial charge < -0.3 is 10.6 Å². The number of amides is 2. The lowest BCUT2D eigenvalue weighted by Gasteiger charge is -2.17. The van der Waals surface area contributed by atoms with Gasteiger partial charge in [0.05, 0.1) is 11.8 Å². The van der Waals surface area contributed by atoms with Crippen molar-refractivity contribution in [1.82, 2.24) is 5.06 Å². The van der Waals surface area contributed by atoms with E-state index in [0.29, 0.717) is 17.2 Å². The van der Waals surface area contributed by atoms with Crippen LogP contribution >= 0.6 is 0 Å². The topological polar surface area (TPSA) is 88.2 Å². The first-order chi connectivity index (χ1) is 9.56. The smallest absolute Gasteiger partial charge is 0.339 e. The van der Waals surface area contributed by atoms with Crippen molar-refractivity contribution in [2.75, 3.05) is 0 Å². The number of allylic oxidation sites excluding steroid dienone is 1. The van der Waals surface area contributed by atoms with E-state index in [0.717, 1.165) is 5.56 Å². The maximum absolute atomic E-state index is 12.7. The number of carbonyl (C=O) groups excluding carboxylic acids is 1. The average molecular weight is 279 g/mol. The van der Waals surface area contributed by atoms with E-state index < -0.39 is 12.1 Å². The highest BCUT2D eigenvalue weighted by Crippen LogP contribution is 2.14. The number of hydroxylamine groups is 2. The predicted molar refractivity (Wildman–Crippen MR) is 69.4 cm³/mol. The van der Waals surface area contributed by atoms with Crippen molar-refractivity contribution in [3.05, 3.63) is 47.8 Å². The third-order valence-corrected chi connectivity index (χ3v) is 2.80. The summed E-state index contributed by atoms with van der Waals surface area (Å²) >= 11 is 0. The van der Waals surface area contributed by atoms with Crippen LogP contribution in [0.3, 0.4) is 0 Å². The molecule has 1 aliphatic rings. The largest absolute Gasteiger partial charge is 0.391 e. The third-order valence-electron chi connectivity index (χ3n) is 2.80. The molecule has 2 rings (SSSR count). The molecule has 0 spiro atoms. The number of rotatable bonds is 4. The van der Waals surface area contributed by atoms with Crippen LogP contribution < -0.4 is 5.73 Å². The molecule has 1 atom stereocenters. The van der Waals surface area contributed by atoms with Gasteiger partial charge in [0.2, 0.25) is 0 Å². The Balaban J connectivity index is 1.83. The predicted octanol–water partition coefficient (Wildman–Crippen LogP) is 1.80. The molecule has 106 valence electrons. The molecule has 0 aliphatic heterocycles. The van der Waals surface area contributed by atoms with Crippen LogP contribution in [-0.2, 0) is 11.4 Å². The molecule has 1 aliphatic carbocycles. The van der Waals surface area contributed by atoms with Crippen molar-refractivity contribution in [3.63, 3.8) is 0 Å². The quantitative estimate of drug-likeness (QED) is 0.650. The lowest BCUT2D eigenvalue weighted by atomic mass is 10.2. The molecular weight excluding hydrogens is 265 g/mol. The second-order valence-corrected chi connectivity index (χ2v) is 4.30. The average Bonchev–Trinajstić information content (AvgIpc) is 2.89. The Morgan fingerprint density at radius 2 is 2.20 bits per heavy atom. The number of nitrogens with zero attached hydrogens (tertiary/aromatic N) is 2. The number of hydrogen-bond donors (Lipinski definition) is 2. The second kappa shape index (κ2) is 6.16. The summed E-state index contributed by atoms with van der Waals surface area (Å²) in [6, 6.07) is 4.44. The van der Waals surface area contributed by atoms with Crippen LogP contribution in [0.5, 0.6) is 0 Å². The number of urea groups is 1. The van der Waals surface area contributed by atoms with Gasteiger partial charge in [-0.3, -0.25) is 5.21 Å². The molecule has 1 aromatic rings. The zero-order valence-electron chi connectivity index (χ0n) is 10.6. The molecule has 3 N–H and O–H groups in total. The third kappa shape index (κ3) is 3.55. The number of oxime groups is 1. The fraction of sp³-hybridized carbons (Fsp3) is 0.231. The second-order valence-electron chi connectivity index (χ2n) is 4.30. The van der Waals surface area contributed by atoms with Gasteiger partial charge in [0.1, 0.15) is 12.4 Å². The maximum Gasteiger partial charge on any atom is 0.339 e. The summed E-state index contributed by atoms with van der Waals surface area (Å²) in [6.45, 7) is 0.209. The molecule has 0 fully saturated rings. The number of benzene rings is 1. The lowest BCUT2D eigenvalue weighted by Crippen LogP contribution is -2.39. The summed E-state index contributed by atoms with van der Waals surface area (Å²) in [5.41, 5.74) is 6.32. The van der Waals surface area contributed by atoms with Crippen LogP contribution in [-0.4, -0.2) is 28.1 Å². The van der Waals surface area contributed by atoms with Gasteiger partial charge in [-0.15, -0.1) is 0 Å². The minimum atomic E-state index is -0.923. The van der Waals surface area contributed by atoms with Crippen molar-refractivity contribution in [3.8, 4) is 0 Å². The highest BCUT2D eigenvalue weighted by molar-refractivity contribution is 5.97. The van der Waals surface area contributed by atoms with E-state index in [1.54, 1.807) is 24.3 Å². The number of halogens is 1. The first-order valence-electron chi connectivity index (χ1n) is 5.95. The summed E-state index contributed by atoms with van der Waals surface area (Å²) in [7, 11) is 0. The van der Waals surface area contributed by atoms with Crippen molar-refractivity contribution >= 4 is 11.7 Å². The molecule has 2 amide bonds. The summed E-state index contributed by atoms with van der Waals surface area (Å²) in [4.78, 5) is 15.9. The molecule has 0 radical (unpaired) electrons. The number of carbonyl (C=O) groups is 1. The highest BCUT2D eigenvalue weighted by Gasteiger charge is 2.23. The minimum Gasteiger partial charge on any atom is -0.391 e. The fourth-order valence-electron chi connectivity index (χ4n) is 1.74. The molecule has 0 saturated heterocycles. The van der Waals surface area contributed by atoms with Crippen LogP contribution in [0.1, 0.15) is 12.0 Å². The van der Waals surface area contributed by atoms with Gasteiger partial charge in [0, 0.05) is 6.42 Å². The first-order valence-corrected chi connectivity index (χ1v) is 5.95. The Labute approximate surface area is 114 Å². The molecule has 0 heterocycles. The van der Waals surface area contributed by atoms with Crippen molar-refractivity contribution in [1.29, 1.82) is 0 Å². The number of nitrogens with two attached hydrogens (primary N) is 1. The SMILES string of the molecule is NC(=O)N(O)[C@H]1C=C/C(=N\OCc2ccc(F)cc2)C1. The van der Waals surface area contributed by atoms with E-state index >= 15 is 0 Å². The first kappa shape index (κ1) is 14.0. The zero-order valence-corrected chi connectivity index (χ0v) is 10.6. The van der Waals surface area contributed by atoms with E-state index in [4.69, 9.17) is 10.6 Å². The molecule has 0 saturated carbocycles. The summed E-state index contributed by atoms with van der Waals surface area (Å²) < 4.78 is 12.7. The molecular formula is C13H14FN3O3. The molecule has 20 heavy (non-hydrogen) atoms. The van der Waals surface area contributed by atoms with Crippen LogP contribution in [0.2, 0.25) is 0 Å². The molecule has 6 nitrogen and oxygen atoms in total. The molecule has 7 heteroatoms. The van der Waals surface area contributed by atoms with Crippen molar-refractivity contribution < 1.29 is 19.2 Å². The van der Waals surface area contributed by atoms with Gasteiger partial charge in [0.25, 0.3) is 0 Å². The number of primary amides is 1. The monoisotopic (exact) mass is 279 g/mol. The van der Waals surface area contributed by atoms with Gasteiger partial charge in [-0.25, -0.2) is 9.18 Å². The maximum atomic E-state index is 12.7. The minimum absolute atomic E-state index is 0.209. The van der Waals surface area contributed by atoms with Gasteiger partial charge in [-0.1, -0.05) is 23.4 Å². The zero-order chi connectivity index (χ0) is 14.5. The van der Waals surface area contributed by atoms with Gasteiger partial charge in [0.15, 0.2) is 0 Å². The van der Waals surface area contributed by atoms with E-state index in [2.05, 4.69) is 5.16 Å².